The highest BCUT2D eigenvalue weighted by atomic mass is 16.7. The SMILES string of the molecule is CCCCCCCCCCCCCCCCCC(=O)OCCN1C(C)(C)CC2(CC1(C)C)OCC(C)(C)CO2. The molecule has 0 aromatic heterocycles. The van der Waals surface area contributed by atoms with Gasteiger partial charge in [0.05, 0.1) is 13.2 Å². The Hall–Kier alpha value is -0.650. The molecule has 5 heteroatoms. The lowest BCUT2D eigenvalue weighted by Gasteiger charge is -2.60. The number of carbonyl (C=O) groups is 1. The van der Waals surface area contributed by atoms with Gasteiger partial charge in [-0.1, -0.05) is 111 Å². The summed E-state index contributed by atoms with van der Waals surface area (Å²) in [6, 6.07) is 0. The van der Waals surface area contributed by atoms with Crippen molar-refractivity contribution in [2.24, 2.45) is 5.41 Å². The van der Waals surface area contributed by atoms with Crippen molar-refractivity contribution in [2.45, 2.75) is 181 Å². The smallest absolute Gasteiger partial charge is 0.305 e. The van der Waals surface area contributed by atoms with E-state index in [2.05, 4.69) is 53.4 Å². The molecule has 2 fully saturated rings. The van der Waals surface area contributed by atoms with E-state index in [0.717, 1.165) is 45.4 Å². The number of unbranched alkanes of at least 4 members (excludes halogenated alkanes) is 14. The van der Waals surface area contributed by atoms with E-state index in [0.29, 0.717) is 13.0 Å². The molecule has 39 heavy (non-hydrogen) atoms. The number of hydrogen-bond acceptors (Lipinski definition) is 5. The summed E-state index contributed by atoms with van der Waals surface area (Å²) in [6.45, 7) is 18.4. The lowest BCUT2D eigenvalue weighted by Crippen LogP contribution is -2.68. The third-order valence-electron chi connectivity index (χ3n) is 8.88. The minimum Gasteiger partial charge on any atom is -0.464 e. The Kier molecular flexibility index (Phi) is 14.8. The van der Waals surface area contributed by atoms with Crippen molar-refractivity contribution < 1.29 is 19.0 Å². The zero-order chi connectivity index (χ0) is 28.8. The summed E-state index contributed by atoms with van der Waals surface area (Å²) < 4.78 is 18.4. The normalized spacial score (nSPS) is 21.7. The number of nitrogens with zero attached hydrogens (tertiary/aromatic N) is 1. The van der Waals surface area contributed by atoms with Crippen molar-refractivity contribution in [2.75, 3.05) is 26.4 Å². The molecule has 2 saturated heterocycles. The van der Waals surface area contributed by atoms with Gasteiger partial charge in [0.25, 0.3) is 0 Å². The predicted octanol–water partition coefficient (Wildman–Crippen LogP) is 9.21. The van der Waals surface area contributed by atoms with E-state index in [9.17, 15) is 4.79 Å². The average molecular weight is 552 g/mol. The summed E-state index contributed by atoms with van der Waals surface area (Å²) in [7, 11) is 0. The van der Waals surface area contributed by atoms with Gasteiger partial charge in [0, 0.05) is 42.3 Å². The van der Waals surface area contributed by atoms with E-state index < -0.39 is 5.79 Å². The van der Waals surface area contributed by atoms with E-state index in [4.69, 9.17) is 14.2 Å². The van der Waals surface area contributed by atoms with Crippen LogP contribution in [0.2, 0.25) is 0 Å². The van der Waals surface area contributed by atoms with Crippen LogP contribution in [0, 0.1) is 5.41 Å². The molecule has 1 spiro atoms. The highest BCUT2D eigenvalue weighted by Crippen LogP contribution is 2.48. The first-order valence-electron chi connectivity index (χ1n) is 16.6. The first-order valence-corrected chi connectivity index (χ1v) is 16.6. The maximum atomic E-state index is 12.4. The van der Waals surface area contributed by atoms with E-state index in [-0.39, 0.29) is 22.5 Å². The van der Waals surface area contributed by atoms with E-state index >= 15 is 0 Å². The zero-order valence-electron chi connectivity index (χ0n) is 27.1. The lowest BCUT2D eigenvalue weighted by molar-refractivity contribution is -0.339. The molecular formula is C34H65NO4. The molecule has 5 nitrogen and oxygen atoms in total. The zero-order valence-corrected chi connectivity index (χ0v) is 27.1. The van der Waals surface area contributed by atoms with Gasteiger partial charge in [-0.05, 0) is 34.1 Å². The van der Waals surface area contributed by atoms with Gasteiger partial charge in [0.1, 0.15) is 6.61 Å². The molecule has 0 aromatic rings. The molecule has 2 aliphatic heterocycles. The Bertz CT molecular complexity index is 657. The maximum absolute atomic E-state index is 12.4. The number of rotatable bonds is 19. The summed E-state index contributed by atoms with van der Waals surface area (Å²) in [5.74, 6) is -0.557. The molecule has 0 aromatic carbocycles. The van der Waals surface area contributed by atoms with Gasteiger partial charge in [0.2, 0.25) is 0 Å². The van der Waals surface area contributed by atoms with Gasteiger partial charge in [0.15, 0.2) is 5.79 Å². The van der Waals surface area contributed by atoms with Crippen molar-refractivity contribution in [3.63, 3.8) is 0 Å². The van der Waals surface area contributed by atoms with Crippen molar-refractivity contribution in [1.29, 1.82) is 0 Å². The minimum absolute atomic E-state index is 0.0463. The van der Waals surface area contributed by atoms with Crippen LogP contribution in [0.4, 0.5) is 0 Å². The average Bonchev–Trinajstić information content (AvgIpc) is 2.85. The first-order chi connectivity index (χ1) is 18.4. The Balaban J connectivity index is 1.51. The Labute approximate surface area is 242 Å². The van der Waals surface area contributed by atoms with E-state index in [1.54, 1.807) is 0 Å². The van der Waals surface area contributed by atoms with Gasteiger partial charge in [-0.25, -0.2) is 0 Å². The molecule has 0 atom stereocenters. The summed E-state index contributed by atoms with van der Waals surface area (Å²) in [5, 5.41) is 0. The van der Waals surface area contributed by atoms with Crippen LogP contribution in [-0.2, 0) is 19.0 Å². The van der Waals surface area contributed by atoms with Gasteiger partial charge < -0.3 is 14.2 Å². The molecule has 0 unspecified atom stereocenters. The molecule has 0 saturated carbocycles. The molecule has 2 heterocycles. The molecule has 230 valence electrons. The number of ether oxygens (including phenoxy) is 3. The Morgan fingerprint density at radius 2 is 1.08 bits per heavy atom. The highest BCUT2D eigenvalue weighted by molar-refractivity contribution is 5.69. The number of piperidine rings is 1. The molecule has 0 radical (unpaired) electrons. The largest absolute Gasteiger partial charge is 0.464 e. The van der Waals surface area contributed by atoms with Crippen molar-refractivity contribution >= 4 is 5.97 Å². The van der Waals surface area contributed by atoms with Crippen LogP contribution in [0.5, 0.6) is 0 Å². The fourth-order valence-electron chi connectivity index (χ4n) is 6.90. The van der Waals surface area contributed by atoms with Crippen molar-refractivity contribution in [3.8, 4) is 0 Å². The van der Waals surface area contributed by atoms with Crippen LogP contribution >= 0.6 is 0 Å². The highest BCUT2D eigenvalue weighted by Gasteiger charge is 2.55. The second-order valence-electron chi connectivity index (χ2n) is 14.7. The Morgan fingerprint density at radius 3 is 1.51 bits per heavy atom. The van der Waals surface area contributed by atoms with Gasteiger partial charge in [-0.3, -0.25) is 9.69 Å². The monoisotopic (exact) mass is 551 g/mol. The molecule has 0 aliphatic carbocycles. The first kappa shape index (κ1) is 34.6. The quantitative estimate of drug-likeness (QED) is 0.118. The van der Waals surface area contributed by atoms with Gasteiger partial charge in [-0.2, -0.15) is 0 Å². The summed E-state index contributed by atoms with van der Waals surface area (Å²) >= 11 is 0. The van der Waals surface area contributed by atoms with E-state index in [1.807, 2.05) is 0 Å². The van der Waals surface area contributed by atoms with Crippen molar-refractivity contribution in [3.05, 3.63) is 0 Å². The standard InChI is InChI=1S/C34H65NO4/c1-8-9-10-11-12-13-14-15-16-17-18-19-20-21-22-23-30(36)37-25-24-35-32(4,5)26-34(27-33(35,6)7)38-28-31(2,3)29-39-34/h8-29H2,1-7H3. The maximum Gasteiger partial charge on any atom is 0.305 e. The second kappa shape index (κ2) is 16.7. The molecule has 0 N–H and O–H groups in total. The van der Waals surface area contributed by atoms with Crippen LogP contribution in [-0.4, -0.2) is 54.1 Å². The third-order valence-corrected chi connectivity index (χ3v) is 8.88. The summed E-state index contributed by atoms with van der Waals surface area (Å²) in [6.07, 6.45) is 22.2. The molecule has 0 bridgehead atoms. The predicted molar refractivity (Wildman–Crippen MR) is 163 cm³/mol. The summed E-state index contributed by atoms with van der Waals surface area (Å²) in [5.41, 5.74) is -0.148. The summed E-state index contributed by atoms with van der Waals surface area (Å²) in [4.78, 5) is 14.8. The molecule has 2 rings (SSSR count). The van der Waals surface area contributed by atoms with Crippen LogP contribution < -0.4 is 0 Å². The lowest BCUT2D eigenvalue weighted by atomic mass is 9.75. The van der Waals surface area contributed by atoms with Crippen LogP contribution in [0.15, 0.2) is 0 Å². The fraction of sp³-hybridized carbons (Fsp3) is 0.971. The third kappa shape index (κ3) is 12.8. The fourth-order valence-corrected chi connectivity index (χ4v) is 6.90. The topological polar surface area (TPSA) is 48.0 Å². The van der Waals surface area contributed by atoms with Crippen LogP contribution in [0.3, 0.4) is 0 Å². The minimum atomic E-state index is -0.511. The Morgan fingerprint density at radius 1 is 0.667 bits per heavy atom. The number of carbonyl (C=O) groups excluding carboxylic acids is 1. The number of likely N-dealkylation sites (tertiary alicyclic amines) is 1. The van der Waals surface area contributed by atoms with E-state index in [1.165, 1.54) is 83.5 Å². The van der Waals surface area contributed by atoms with Crippen LogP contribution in [0.25, 0.3) is 0 Å². The molecule has 0 amide bonds. The number of hydrogen-bond donors (Lipinski definition) is 0. The molecular weight excluding hydrogens is 486 g/mol. The van der Waals surface area contributed by atoms with Crippen molar-refractivity contribution in [1.82, 2.24) is 4.90 Å². The van der Waals surface area contributed by atoms with Gasteiger partial charge in [-0.15, -0.1) is 0 Å². The van der Waals surface area contributed by atoms with Crippen LogP contribution in [0.1, 0.15) is 164 Å². The second-order valence-corrected chi connectivity index (χ2v) is 14.7. The molecule has 2 aliphatic rings. The van der Waals surface area contributed by atoms with Gasteiger partial charge >= 0.3 is 5.97 Å². The number of esters is 1.